The van der Waals surface area contributed by atoms with Gasteiger partial charge in [0.05, 0.1) is 0 Å². The molecule has 0 aromatic heterocycles. The van der Waals surface area contributed by atoms with Crippen LogP contribution in [-0.2, 0) is 0 Å². The summed E-state index contributed by atoms with van der Waals surface area (Å²) in [7, 11) is 0. The normalized spacial score (nSPS) is 41.9. The summed E-state index contributed by atoms with van der Waals surface area (Å²) in [5.41, 5.74) is 1.03. The second kappa shape index (κ2) is 9.57. The Morgan fingerprint density at radius 3 is 1.75 bits per heavy atom. The fourth-order valence-electron chi connectivity index (χ4n) is 10.2. The van der Waals surface area contributed by atoms with Crippen molar-refractivity contribution in [3.63, 3.8) is 0 Å². The highest BCUT2D eigenvalue weighted by atomic mass is 14.7. The molecule has 2 aliphatic rings. The molecule has 0 N–H and O–H groups in total. The predicted molar refractivity (Wildman–Crippen MR) is 145 cm³/mol. The first-order valence-electron chi connectivity index (χ1n) is 14.5. The molecule has 0 nitrogen and oxygen atoms in total. The molecule has 10 unspecified atom stereocenters. The zero-order chi connectivity index (χ0) is 25.0. The molecule has 0 heterocycles. The minimum absolute atomic E-state index is 0.319. The predicted octanol–water partition coefficient (Wildman–Crippen LogP) is 10.2. The maximum atomic E-state index is 2.73. The molecule has 0 spiro atoms. The van der Waals surface area contributed by atoms with E-state index in [1.165, 1.54) is 19.3 Å². The summed E-state index contributed by atoms with van der Waals surface area (Å²) in [6.45, 7) is 38.9. The number of hydrogen-bond donors (Lipinski definition) is 0. The lowest BCUT2D eigenvalue weighted by Gasteiger charge is -2.69. The van der Waals surface area contributed by atoms with Gasteiger partial charge in [-0.25, -0.2) is 0 Å². The van der Waals surface area contributed by atoms with Crippen molar-refractivity contribution in [2.24, 2.45) is 81.3 Å². The van der Waals surface area contributed by atoms with Crippen LogP contribution in [0.1, 0.15) is 123 Å². The molecule has 0 aromatic rings. The van der Waals surface area contributed by atoms with Crippen molar-refractivity contribution in [3.8, 4) is 0 Å². The highest BCUT2D eigenvalue weighted by Gasteiger charge is 2.67. The number of fused-ring (bicyclic) bond motifs is 2. The Morgan fingerprint density at radius 1 is 0.812 bits per heavy atom. The molecule has 0 radical (unpaired) electrons. The molecule has 2 aliphatic carbocycles. The Bertz CT molecular complexity index is 610. The van der Waals surface area contributed by atoms with Gasteiger partial charge in [0.25, 0.3) is 0 Å². The maximum absolute atomic E-state index is 2.73. The Hall–Kier alpha value is 0. The summed E-state index contributed by atoms with van der Waals surface area (Å²) in [6, 6.07) is 0. The molecule has 0 amide bonds. The van der Waals surface area contributed by atoms with Crippen LogP contribution in [0.5, 0.6) is 0 Å². The Labute approximate surface area is 204 Å². The van der Waals surface area contributed by atoms with E-state index in [1.54, 1.807) is 0 Å². The van der Waals surface area contributed by atoms with Crippen molar-refractivity contribution in [2.75, 3.05) is 0 Å². The number of rotatable bonds is 7. The van der Waals surface area contributed by atoms with Gasteiger partial charge in [-0.2, -0.15) is 0 Å². The topological polar surface area (TPSA) is 0 Å². The zero-order valence-electron chi connectivity index (χ0n) is 25.0. The van der Waals surface area contributed by atoms with Crippen molar-refractivity contribution < 1.29 is 0 Å². The van der Waals surface area contributed by atoms with Crippen LogP contribution in [0.2, 0.25) is 0 Å². The van der Waals surface area contributed by atoms with Gasteiger partial charge >= 0.3 is 0 Å². The van der Waals surface area contributed by atoms with Crippen LogP contribution in [0.3, 0.4) is 0 Å². The molecule has 2 bridgehead atoms. The Morgan fingerprint density at radius 2 is 1.34 bits per heavy atom. The van der Waals surface area contributed by atoms with Crippen LogP contribution < -0.4 is 0 Å². The molecule has 2 fully saturated rings. The SMILES string of the molecule is CCC(C)C(C(C)C)C(C)C1C(C)C(CC)CC2C(C)C1C(C)(C(C)C)C(C)(C)C2(C)C. The van der Waals surface area contributed by atoms with Crippen molar-refractivity contribution >= 4 is 0 Å². The maximum Gasteiger partial charge on any atom is -0.0213 e. The van der Waals surface area contributed by atoms with Gasteiger partial charge in [-0.1, -0.05) is 117 Å². The van der Waals surface area contributed by atoms with Gasteiger partial charge in [-0.05, 0) is 87.8 Å². The van der Waals surface area contributed by atoms with Crippen molar-refractivity contribution in [1.29, 1.82) is 0 Å². The number of hydrogen-bond acceptors (Lipinski definition) is 0. The van der Waals surface area contributed by atoms with E-state index in [0.717, 1.165) is 59.2 Å². The molecule has 10 atom stereocenters. The standard InChI is InChI=1S/C32H62/c1-16-21(7)27(19(3)4)24(10)28-22(8)25(17-2)18-26-23(9)29(28)32(15,20(5)6)31(13,14)30(26,11)12/h19-29H,16-18H2,1-15H3. The largest absolute Gasteiger partial charge is 0.0651 e. The third-order valence-electron chi connectivity index (χ3n) is 13.1. The molecule has 32 heavy (non-hydrogen) atoms. The average molecular weight is 447 g/mol. The first-order valence-corrected chi connectivity index (χ1v) is 14.5. The molecule has 2 rings (SSSR count). The second-order valence-corrected chi connectivity index (χ2v) is 14.7. The molecule has 190 valence electrons. The minimum Gasteiger partial charge on any atom is -0.0651 e. The van der Waals surface area contributed by atoms with E-state index < -0.39 is 0 Å². The Balaban J connectivity index is 2.80. The van der Waals surface area contributed by atoms with E-state index >= 15 is 0 Å². The van der Waals surface area contributed by atoms with Crippen LogP contribution in [0, 0.1) is 81.3 Å². The van der Waals surface area contributed by atoms with Crippen LogP contribution in [0.4, 0.5) is 0 Å². The van der Waals surface area contributed by atoms with Crippen LogP contribution in [0.25, 0.3) is 0 Å². The van der Waals surface area contributed by atoms with Crippen LogP contribution in [0.15, 0.2) is 0 Å². The summed E-state index contributed by atoms with van der Waals surface area (Å²) >= 11 is 0. The smallest absolute Gasteiger partial charge is 0.0213 e. The molecule has 0 aromatic carbocycles. The molecular formula is C32H62. The fourth-order valence-corrected chi connectivity index (χ4v) is 10.2. The van der Waals surface area contributed by atoms with E-state index in [2.05, 4.69) is 104 Å². The van der Waals surface area contributed by atoms with E-state index in [-0.39, 0.29) is 0 Å². The molecule has 0 saturated heterocycles. The first kappa shape index (κ1) is 28.2. The highest BCUT2D eigenvalue weighted by Crippen LogP contribution is 2.73. The van der Waals surface area contributed by atoms with Gasteiger partial charge < -0.3 is 0 Å². The summed E-state index contributed by atoms with van der Waals surface area (Å²) < 4.78 is 0. The molecule has 0 heteroatoms. The van der Waals surface area contributed by atoms with Gasteiger partial charge in [0.15, 0.2) is 0 Å². The van der Waals surface area contributed by atoms with Crippen molar-refractivity contribution in [2.45, 2.75) is 123 Å². The second-order valence-electron chi connectivity index (χ2n) is 14.7. The summed E-state index contributed by atoms with van der Waals surface area (Å²) in [5, 5.41) is 0. The van der Waals surface area contributed by atoms with Gasteiger partial charge in [0.1, 0.15) is 0 Å². The van der Waals surface area contributed by atoms with E-state index in [4.69, 9.17) is 0 Å². The van der Waals surface area contributed by atoms with Crippen molar-refractivity contribution in [3.05, 3.63) is 0 Å². The lowest BCUT2D eigenvalue weighted by molar-refractivity contribution is -0.217. The van der Waals surface area contributed by atoms with Crippen LogP contribution in [-0.4, -0.2) is 0 Å². The minimum atomic E-state index is 0.319. The van der Waals surface area contributed by atoms with Gasteiger partial charge in [-0.15, -0.1) is 0 Å². The van der Waals surface area contributed by atoms with Crippen LogP contribution >= 0.6 is 0 Å². The van der Waals surface area contributed by atoms with E-state index in [9.17, 15) is 0 Å². The van der Waals surface area contributed by atoms with Gasteiger partial charge in [0.2, 0.25) is 0 Å². The highest BCUT2D eigenvalue weighted by molar-refractivity contribution is 5.15. The van der Waals surface area contributed by atoms with E-state index in [1.807, 2.05) is 0 Å². The monoisotopic (exact) mass is 446 g/mol. The Kier molecular flexibility index (Phi) is 8.44. The summed E-state index contributed by atoms with van der Waals surface area (Å²) in [5.74, 6) is 8.85. The average Bonchev–Trinajstić information content (AvgIpc) is 2.79. The van der Waals surface area contributed by atoms with Gasteiger partial charge in [0, 0.05) is 0 Å². The van der Waals surface area contributed by atoms with Gasteiger partial charge in [-0.3, -0.25) is 0 Å². The summed E-state index contributed by atoms with van der Waals surface area (Å²) in [6.07, 6.45) is 4.11. The lowest BCUT2D eigenvalue weighted by Crippen LogP contribution is -2.64. The van der Waals surface area contributed by atoms with Crippen molar-refractivity contribution in [1.82, 2.24) is 0 Å². The third-order valence-corrected chi connectivity index (χ3v) is 13.1. The first-order chi connectivity index (χ1) is 14.5. The zero-order valence-corrected chi connectivity index (χ0v) is 25.0. The lowest BCUT2D eigenvalue weighted by atomic mass is 9.35. The summed E-state index contributed by atoms with van der Waals surface area (Å²) in [4.78, 5) is 0. The molecular weight excluding hydrogens is 384 g/mol. The fraction of sp³-hybridized carbons (Fsp3) is 1.00. The van der Waals surface area contributed by atoms with E-state index in [0.29, 0.717) is 22.2 Å². The molecule has 2 saturated carbocycles. The molecule has 0 aliphatic heterocycles. The third kappa shape index (κ3) is 3.94. The quantitative estimate of drug-likeness (QED) is 0.365.